The molecule has 1 fully saturated rings. The molecule has 0 bridgehead atoms. The SMILES string of the molecule is Cc1cc(C=N[C@@H]2CCCC[C@H]2N=Cc2cc(C)cc(C(c3ccccc3)(c3ccccc3)c3ccccc3)c2O)c(O)c(C(c2ccccc2)(c2ccccc2)c2ccccc2)c1. The normalized spacial score (nSPS) is 15.7. The van der Waals surface area contributed by atoms with Crippen molar-refractivity contribution in [3.63, 3.8) is 0 Å². The van der Waals surface area contributed by atoms with E-state index in [0.717, 1.165) is 81.3 Å². The van der Waals surface area contributed by atoms with Gasteiger partial charge in [0, 0.05) is 34.7 Å². The summed E-state index contributed by atoms with van der Waals surface area (Å²) in [6.45, 7) is 4.18. The van der Waals surface area contributed by atoms with E-state index >= 15 is 0 Å². The quantitative estimate of drug-likeness (QED) is 0.0951. The lowest BCUT2D eigenvalue weighted by atomic mass is 9.64. The zero-order valence-corrected chi connectivity index (χ0v) is 36.6. The van der Waals surface area contributed by atoms with Crippen molar-refractivity contribution in [3.05, 3.63) is 273 Å². The highest BCUT2D eigenvalue weighted by molar-refractivity contribution is 5.87. The fourth-order valence-electron chi connectivity index (χ4n) is 10.2. The summed E-state index contributed by atoms with van der Waals surface area (Å²) in [4.78, 5) is 10.5. The van der Waals surface area contributed by atoms with E-state index in [-0.39, 0.29) is 23.6 Å². The van der Waals surface area contributed by atoms with Gasteiger partial charge in [-0.2, -0.15) is 0 Å². The molecule has 1 aliphatic rings. The van der Waals surface area contributed by atoms with Crippen LogP contribution < -0.4 is 0 Å². The highest BCUT2D eigenvalue weighted by Crippen LogP contribution is 2.51. The van der Waals surface area contributed by atoms with E-state index in [1.54, 1.807) is 0 Å². The van der Waals surface area contributed by atoms with Crippen LogP contribution in [0.25, 0.3) is 0 Å². The maximum atomic E-state index is 12.5. The molecule has 2 atom stereocenters. The molecule has 0 amide bonds. The second-order valence-corrected chi connectivity index (χ2v) is 17.2. The monoisotopic (exact) mass is 834 g/mol. The number of aryl methyl sites for hydroxylation is 2. The Labute approximate surface area is 378 Å². The fraction of sp³-hybridized carbons (Fsp3) is 0.167. The van der Waals surface area contributed by atoms with Gasteiger partial charge < -0.3 is 10.2 Å². The molecule has 0 saturated heterocycles. The van der Waals surface area contributed by atoms with Crippen LogP contribution in [0, 0.1) is 13.8 Å². The number of aliphatic imine (C=N–C) groups is 2. The topological polar surface area (TPSA) is 65.2 Å². The van der Waals surface area contributed by atoms with Crippen LogP contribution in [-0.4, -0.2) is 34.7 Å². The second kappa shape index (κ2) is 18.6. The number of benzene rings is 8. The summed E-state index contributed by atoms with van der Waals surface area (Å²) in [7, 11) is 0. The summed E-state index contributed by atoms with van der Waals surface area (Å²) in [5.74, 6) is 0.412. The number of hydrogen-bond donors (Lipinski definition) is 2. The maximum absolute atomic E-state index is 12.5. The third-order valence-electron chi connectivity index (χ3n) is 13.1. The van der Waals surface area contributed by atoms with Crippen LogP contribution in [0.2, 0.25) is 0 Å². The molecule has 0 spiro atoms. The molecule has 4 nitrogen and oxygen atoms in total. The van der Waals surface area contributed by atoms with Gasteiger partial charge in [0.2, 0.25) is 0 Å². The largest absolute Gasteiger partial charge is 0.507 e. The van der Waals surface area contributed by atoms with Crippen LogP contribution in [0.4, 0.5) is 0 Å². The first-order chi connectivity index (χ1) is 31.4. The van der Waals surface area contributed by atoms with Crippen molar-refractivity contribution in [2.45, 2.75) is 62.4 Å². The van der Waals surface area contributed by atoms with E-state index < -0.39 is 10.8 Å². The Morgan fingerprint density at radius 1 is 0.391 bits per heavy atom. The minimum atomic E-state index is -0.798. The van der Waals surface area contributed by atoms with Gasteiger partial charge in [-0.05, 0) is 83.3 Å². The maximum Gasteiger partial charge on any atom is 0.129 e. The number of hydrogen-bond acceptors (Lipinski definition) is 4. The molecule has 4 heteroatoms. The summed E-state index contributed by atoms with van der Waals surface area (Å²) in [6, 6.07) is 71.0. The molecule has 64 heavy (non-hydrogen) atoms. The van der Waals surface area contributed by atoms with E-state index in [1.807, 2.05) is 61.0 Å². The van der Waals surface area contributed by atoms with Gasteiger partial charge in [0.15, 0.2) is 0 Å². The van der Waals surface area contributed by atoms with Crippen molar-refractivity contribution in [1.82, 2.24) is 0 Å². The van der Waals surface area contributed by atoms with Crippen LogP contribution >= 0.6 is 0 Å². The summed E-state index contributed by atoms with van der Waals surface area (Å²) >= 11 is 0. The molecule has 2 N–H and O–H groups in total. The van der Waals surface area contributed by atoms with E-state index in [1.165, 1.54) is 0 Å². The molecule has 1 saturated carbocycles. The standard InChI is InChI=1S/C60H54N2O2/c1-43-37-45(57(63)53(39-43)59(47-23-9-3-10-24-47,48-25-11-4-12-26-48)49-27-13-5-14-28-49)41-61-55-35-21-22-36-56(55)62-42-46-38-44(2)40-54(58(46)64)60(50-29-15-6-16-30-50,51-31-17-7-18-32-51)52-33-19-8-20-34-52/h3-20,23-34,37-42,55-56,63-64H,21-22,35-36H2,1-2H3/t55-,56-/m1/s1. The zero-order chi connectivity index (χ0) is 43.9. The predicted octanol–water partition coefficient (Wildman–Crippen LogP) is 13.3. The first-order valence-corrected chi connectivity index (χ1v) is 22.5. The molecule has 316 valence electrons. The summed E-state index contributed by atoms with van der Waals surface area (Å²) in [5.41, 5.74) is 9.81. The van der Waals surface area contributed by atoms with E-state index in [9.17, 15) is 10.2 Å². The molecule has 0 unspecified atom stereocenters. The van der Waals surface area contributed by atoms with Gasteiger partial charge in [-0.1, -0.05) is 207 Å². The van der Waals surface area contributed by atoms with Gasteiger partial charge in [0.05, 0.1) is 22.9 Å². The van der Waals surface area contributed by atoms with Crippen molar-refractivity contribution in [3.8, 4) is 11.5 Å². The van der Waals surface area contributed by atoms with E-state index in [2.05, 4.69) is 172 Å². The predicted molar refractivity (Wildman–Crippen MR) is 264 cm³/mol. The summed E-state index contributed by atoms with van der Waals surface area (Å²) < 4.78 is 0. The summed E-state index contributed by atoms with van der Waals surface area (Å²) in [5, 5.41) is 25.1. The van der Waals surface area contributed by atoms with Crippen LogP contribution in [0.1, 0.15) is 92.4 Å². The molecule has 0 radical (unpaired) electrons. The first-order valence-electron chi connectivity index (χ1n) is 22.5. The number of phenolic OH excluding ortho intramolecular Hbond substituents is 2. The van der Waals surface area contributed by atoms with Gasteiger partial charge in [-0.15, -0.1) is 0 Å². The lowest BCUT2D eigenvalue weighted by molar-refractivity contribution is 0.390. The van der Waals surface area contributed by atoms with Crippen molar-refractivity contribution in [2.75, 3.05) is 0 Å². The van der Waals surface area contributed by atoms with Crippen LogP contribution in [-0.2, 0) is 10.8 Å². The van der Waals surface area contributed by atoms with Crippen LogP contribution in [0.5, 0.6) is 11.5 Å². The van der Waals surface area contributed by atoms with Gasteiger partial charge in [0.25, 0.3) is 0 Å². The van der Waals surface area contributed by atoms with Gasteiger partial charge in [-0.25, -0.2) is 0 Å². The minimum absolute atomic E-state index is 0.0982. The van der Waals surface area contributed by atoms with Crippen LogP contribution in [0.15, 0.2) is 216 Å². The van der Waals surface area contributed by atoms with Crippen molar-refractivity contribution in [2.24, 2.45) is 9.98 Å². The lowest BCUT2D eigenvalue weighted by Gasteiger charge is -2.37. The molecule has 8 aromatic carbocycles. The molecule has 1 aliphatic carbocycles. The highest BCUT2D eigenvalue weighted by atomic mass is 16.3. The summed E-state index contributed by atoms with van der Waals surface area (Å²) in [6.07, 6.45) is 7.59. The molecule has 8 aromatic rings. The Hall–Kier alpha value is -7.30. The lowest BCUT2D eigenvalue weighted by Crippen LogP contribution is -2.31. The Kier molecular flexibility index (Phi) is 12.2. The van der Waals surface area contributed by atoms with Gasteiger partial charge in [0.1, 0.15) is 11.5 Å². The van der Waals surface area contributed by atoms with Gasteiger partial charge in [-0.3, -0.25) is 9.98 Å². The third kappa shape index (κ3) is 7.86. The minimum Gasteiger partial charge on any atom is -0.507 e. The Bertz CT molecular complexity index is 2470. The first kappa shape index (κ1) is 42.0. The number of phenols is 2. The molecular weight excluding hydrogens is 781 g/mol. The van der Waals surface area contributed by atoms with E-state index in [0.29, 0.717) is 11.1 Å². The Morgan fingerprint density at radius 2 is 0.641 bits per heavy atom. The third-order valence-corrected chi connectivity index (χ3v) is 13.1. The molecule has 9 rings (SSSR count). The van der Waals surface area contributed by atoms with Crippen molar-refractivity contribution in [1.29, 1.82) is 0 Å². The van der Waals surface area contributed by atoms with E-state index in [4.69, 9.17) is 9.98 Å². The van der Waals surface area contributed by atoms with Crippen molar-refractivity contribution >= 4 is 12.4 Å². The second-order valence-electron chi connectivity index (χ2n) is 17.2. The zero-order valence-electron chi connectivity index (χ0n) is 36.6. The number of aromatic hydroxyl groups is 2. The van der Waals surface area contributed by atoms with Crippen molar-refractivity contribution < 1.29 is 10.2 Å². The number of nitrogens with zero attached hydrogens (tertiary/aromatic N) is 2. The van der Waals surface area contributed by atoms with Gasteiger partial charge >= 0.3 is 0 Å². The smallest absolute Gasteiger partial charge is 0.129 e. The molecule has 0 aliphatic heterocycles. The molecular formula is C60H54N2O2. The highest BCUT2D eigenvalue weighted by Gasteiger charge is 2.42. The Morgan fingerprint density at radius 3 is 0.891 bits per heavy atom. The fourth-order valence-corrected chi connectivity index (χ4v) is 10.2. The number of rotatable bonds is 12. The molecule has 0 aromatic heterocycles. The molecule has 0 heterocycles. The average molecular weight is 835 g/mol. The Balaban J connectivity index is 1.11. The van der Waals surface area contributed by atoms with Crippen LogP contribution in [0.3, 0.4) is 0 Å². The average Bonchev–Trinajstić information content (AvgIpc) is 3.35.